The molecule has 0 aromatic carbocycles. The molecule has 9 heterocycles. The summed E-state index contributed by atoms with van der Waals surface area (Å²) in [5.74, 6) is 1.31. The molecule has 6 unspecified atom stereocenters. The monoisotopic (exact) mass is 886 g/mol. The molecule has 23 N–H and O–H groups in total. The zero-order valence-corrected chi connectivity index (χ0v) is 33.4. The van der Waals surface area contributed by atoms with Gasteiger partial charge in [-0.2, -0.15) is 0 Å². The lowest BCUT2D eigenvalue weighted by molar-refractivity contribution is -0.0779. The maximum atomic E-state index is 10.1. The van der Waals surface area contributed by atoms with Crippen molar-refractivity contribution in [3.05, 3.63) is 0 Å². The van der Waals surface area contributed by atoms with Gasteiger partial charge in [0.25, 0.3) is 0 Å². The summed E-state index contributed by atoms with van der Waals surface area (Å²) in [6, 6.07) is -1.12. The second-order valence-electron chi connectivity index (χ2n) is 14.4. The van der Waals surface area contributed by atoms with E-state index in [9.17, 15) is 25.5 Å². The fourth-order valence-corrected chi connectivity index (χ4v) is 7.60. The number of aliphatic imine (C=N–C) groups is 9. The van der Waals surface area contributed by atoms with Crippen LogP contribution in [0.4, 0.5) is 0 Å². The van der Waals surface area contributed by atoms with Crippen molar-refractivity contribution in [3.63, 3.8) is 0 Å². The Labute approximate surface area is 353 Å². The van der Waals surface area contributed by atoms with Crippen molar-refractivity contribution in [2.45, 2.75) is 111 Å². The predicted octanol–water partition coefficient (Wildman–Crippen LogP) is -8.27. The molecule has 0 aliphatic carbocycles. The summed E-state index contributed by atoms with van der Waals surface area (Å²) in [7, 11) is 0. The normalized spacial score (nSPS) is 40.8. The van der Waals surface area contributed by atoms with Gasteiger partial charge in [-0.15, -0.1) is 0 Å². The topological polar surface area (TPSA) is 500 Å². The Balaban J connectivity index is 0.000000201. The first-order chi connectivity index (χ1) is 28.5. The number of nitrogens with one attached hydrogen (secondary N) is 1. The van der Waals surface area contributed by atoms with E-state index in [0.717, 1.165) is 0 Å². The summed E-state index contributed by atoms with van der Waals surface area (Å²) >= 11 is 0. The lowest BCUT2D eigenvalue weighted by Gasteiger charge is -2.33. The van der Waals surface area contributed by atoms with E-state index >= 15 is 0 Å². The van der Waals surface area contributed by atoms with Crippen molar-refractivity contribution < 1.29 is 60.2 Å². The van der Waals surface area contributed by atoms with Crippen LogP contribution in [-0.4, -0.2) is 253 Å². The van der Waals surface area contributed by atoms with Crippen molar-refractivity contribution in [3.8, 4) is 0 Å². The highest BCUT2D eigenvalue weighted by atomic mass is 16.6. The van der Waals surface area contributed by atoms with Gasteiger partial charge < -0.3 is 110 Å². The molecule has 9 rings (SSSR count). The minimum absolute atomic E-state index is 0. The van der Waals surface area contributed by atoms with Gasteiger partial charge in [-0.05, 0) is 0 Å². The van der Waals surface area contributed by atoms with Crippen molar-refractivity contribution in [1.29, 1.82) is 0 Å². The smallest absolute Gasteiger partial charge is 0.162 e. The van der Waals surface area contributed by atoms with Crippen LogP contribution in [-0.2, 0) is 14.2 Å². The highest BCUT2D eigenvalue weighted by Crippen LogP contribution is 2.32. The number of ether oxygens (including phenoxy) is 3. The Bertz CT molecular complexity index is 1770. The van der Waals surface area contributed by atoms with Gasteiger partial charge in [0.05, 0.1) is 64.4 Å². The molecule has 62 heavy (non-hydrogen) atoms. The number of hydrogen-bond donors (Lipinski definition) is 15. The number of hydrogen-bond acceptors (Lipinski definition) is 29. The maximum Gasteiger partial charge on any atom is 0.162 e. The van der Waals surface area contributed by atoms with Crippen LogP contribution in [0.1, 0.15) is 6.42 Å². The second-order valence-corrected chi connectivity index (χ2v) is 14.4. The third-order valence-electron chi connectivity index (χ3n) is 10.7. The summed E-state index contributed by atoms with van der Waals surface area (Å²) in [4.78, 5) is 42.2. The fraction of sp³-hybridized carbons (Fsp3) is 0.719. The number of amidine groups is 3. The molecule has 30 nitrogen and oxygen atoms in total. The minimum atomic E-state index is -1.18. The molecule has 0 radical (unpaired) electrons. The molecule has 0 bridgehead atoms. The minimum Gasteiger partial charge on any atom is -0.394 e. The van der Waals surface area contributed by atoms with Crippen molar-refractivity contribution in [2.24, 2.45) is 56.4 Å². The lowest BCUT2D eigenvalue weighted by atomic mass is 10.1. The molecule has 0 aromatic heterocycles. The first-order valence-corrected chi connectivity index (χ1v) is 18.8. The third-order valence-corrected chi connectivity index (χ3v) is 10.7. The van der Waals surface area contributed by atoms with Gasteiger partial charge in [0.1, 0.15) is 91.0 Å². The van der Waals surface area contributed by atoms with Crippen LogP contribution in [0.2, 0.25) is 0 Å². The first-order valence-electron chi connectivity index (χ1n) is 18.8. The Morgan fingerprint density at radius 3 is 1.52 bits per heavy atom. The molecule has 3 fully saturated rings. The van der Waals surface area contributed by atoms with Crippen LogP contribution in [0.25, 0.3) is 0 Å². The first kappa shape index (κ1) is 49.9. The van der Waals surface area contributed by atoms with E-state index in [2.05, 4.69) is 50.2 Å². The zero-order chi connectivity index (χ0) is 42.0. The highest BCUT2D eigenvalue weighted by molar-refractivity contribution is 6.00. The standard InChI is InChI=1S/C12H19N5O5.C10H15N5O4.C10H15N5O3.3H3N/c18-2-1-13-10-7-11(15-4-14-10)17(5-16-7)12-9(21)8(20)6(3-19)22-12;11-8-5-9(13-2-12-8)15(3-14-5)10-7(18)6(17)4(1-16)19-10;11-8-7-9(13-3-12-8)15(4-14-7)10-6(17)1-5(2-16)18-10;;;/h4-9,11-12,18-21H,1-3H2,(H,13,14,15);2-7,9-10,16-18H,1H2,(H2,11,12,13);3-7,9-10,16-17H,1-2H2,(H2,11,12,13);3*1H3/t6-,7?,8-,9-,11?,12-;4-,5?,6-,7-,9?,10-;5-,6+,7?,9?,10+;;;/m110.../s1. The number of nitrogens with two attached hydrogens (primary N) is 2. The Morgan fingerprint density at radius 1 is 0.613 bits per heavy atom. The number of fused-ring (bicyclic) bond motifs is 3. The van der Waals surface area contributed by atoms with E-state index in [4.69, 9.17) is 46.1 Å². The second kappa shape index (κ2) is 21.5. The van der Waals surface area contributed by atoms with Gasteiger partial charge in [0.2, 0.25) is 0 Å². The summed E-state index contributed by atoms with van der Waals surface area (Å²) in [5, 5.41) is 88.7. The third kappa shape index (κ3) is 9.58. The van der Waals surface area contributed by atoms with E-state index in [1.807, 2.05) is 0 Å². The van der Waals surface area contributed by atoms with Crippen LogP contribution >= 0.6 is 0 Å². The van der Waals surface area contributed by atoms with Gasteiger partial charge in [-0.25, -0.2) is 25.0 Å². The maximum absolute atomic E-state index is 10.1. The molecule has 0 saturated carbocycles. The van der Waals surface area contributed by atoms with Crippen LogP contribution in [0.15, 0.2) is 44.9 Å². The van der Waals surface area contributed by atoms with E-state index in [0.29, 0.717) is 23.9 Å². The van der Waals surface area contributed by atoms with Crippen LogP contribution in [0.5, 0.6) is 0 Å². The number of rotatable bonds is 8. The van der Waals surface area contributed by atoms with Crippen LogP contribution in [0.3, 0.4) is 0 Å². The average Bonchev–Trinajstić information content (AvgIpc) is 4.11. The molecule has 0 amide bonds. The summed E-state index contributed by atoms with van der Waals surface area (Å²) in [6.45, 7) is -0.688. The van der Waals surface area contributed by atoms with Crippen LogP contribution < -0.4 is 35.2 Å². The molecule has 0 aromatic rings. The van der Waals surface area contributed by atoms with Crippen molar-refractivity contribution >= 4 is 55.5 Å². The summed E-state index contributed by atoms with van der Waals surface area (Å²) in [5.41, 5.74) is 11.5. The van der Waals surface area contributed by atoms with E-state index in [1.54, 1.807) is 21.0 Å². The molecule has 30 heteroatoms. The van der Waals surface area contributed by atoms with E-state index in [-0.39, 0.29) is 69.7 Å². The lowest BCUT2D eigenvalue weighted by Crippen LogP contribution is -2.53. The summed E-state index contributed by atoms with van der Waals surface area (Å²) < 4.78 is 16.5. The van der Waals surface area contributed by atoms with Gasteiger partial charge in [-0.3, -0.25) is 20.0 Å². The predicted molar refractivity (Wildman–Crippen MR) is 222 cm³/mol. The van der Waals surface area contributed by atoms with Gasteiger partial charge in [0, 0.05) is 6.42 Å². The van der Waals surface area contributed by atoms with E-state index < -0.39 is 85.8 Å². The highest BCUT2D eigenvalue weighted by Gasteiger charge is 2.51. The Kier molecular flexibility index (Phi) is 17.3. The molecule has 348 valence electrons. The Morgan fingerprint density at radius 2 is 1.08 bits per heavy atom. The summed E-state index contributed by atoms with van der Waals surface area (Å²) in [6.07, 6.45) is -1.66. The Hall–Kier alpha value is -4.77. The van der Waals surface area contributed by atoms with Gasteiger partial charge in [0.15, 0.2) is 37.2 Å². The van der Waals surface area contributed by atoms with Crippen LogP contribution in [0, 0.1) is 0 Å². The molecule has 0 spiro atoms. The van der Waals surface area contributed by atoms with E-state index in [1.165, 1.54) is 31.7 Å². The molecule has 9 aliphatic heterocycles. The van der Waals surface area contributed by atoms with Gasteiger partial charge >= 0.3 is 0 Å². The quantitative estimate of drug-likeness (QED) is 0.108. The molecular formula is C32H58N18O12. The van der Waals surface area contributed by atoms with Gasteiger partial charge in [-0.1, -0.05) is 0 Å². The molecule has 3 saturated heterocycles. The molecular weight excluding hydrogens is 828 g/mol. The molecule has 17 atom stereocenters. The fourth-order valence-electron chi connectivity index (χ4n) is 7.60. The molecule has 9 aliphatic rings. The van der Waals surface area contributed by atoms with Crippen molar-refractivity contribution in [1.82, 2.24) is 38.5 Å². The largest absolute Gasteiger partial charge is 0.394 e. The average molecular weight is 887 g/mol. The number of aliphatic hydroxyl groups excluding tert-OH is 9. The SMILES string of the molecule is N.N.N.NC1=NC=NC2C1N=CN2[C@@H]1O[C@H](CO)C[C@H]1O.NC1=NC=NC2C1N=CN2[C@@H]1O[C@H](CO)[C@@H](O)[C@H]1O.OCCN=C1NC=NC2C1N=CN2[C@@H]1O[C@H](CO)[C@@H](O)[C@H]1O. The number of aliphatic hydroxyl groups is 9. The number of nitrogens with zero attached hydrogens (tertiary/aromatic N) is 12. The zero-order valence-electron chi connectivity index (χ0n) is 33.4. The van der Waals surface area contributed by atoms with Crippen molar-refractivity contribution in [2.75, 3.05) is 33.0 Å².